The van der Waals surface area contributed by atoms with Gasteiger partial charge >= 0.3 is 0 Å². The van der Waals surface area contributed by atoms with Crippen LogP contribution < -0.4 is 10.1 Å². The van der Waals surface area contributed by atoms with E-state index in [9.17, 15) is 14.3 Å². The van der Waals surface area contributed by atoms with Crippen LogP contribution in [0.15, 0.2) is 53.2 Å². The summed E-state index contributed by atoms with van der Waals surface area (Å²) in [5.41, 5.74) is 1.69. The molecule has 1 saturated heterocycles. The summed E-state index contributed by atoms with van der Waals surface area (Å²) in [6.07, 6.45) is 2.26. The smallest absolute Gasteiger partial charge is 0.296 e. The monoisotopic (exact) mass is 489 g/mol. The molecule has 1 aromatic heterocycles. The summed E-state index contributed by atoms with van der Waals surface area (Å²) in [6, 6.07) is 8.99. The van der Waals surface area contributed by atoms with E-state index < -0.39 is 18.8 Å². The van der Waals surface area contributed by atoms with Gasteiger partial charge in [0, 0.05) is 17.1 Å². The Bertz CT molecular complexity index is 1200. The first kappa shape index (κ1) is 23.8. The zero-order valence-corrected chi connectivity index (χ0v) is 19.5. The number of halogens is 2. The molecule has 0 radical (unpaired) electrons. The van der Waals surface area contributed by atoms with Crippen molar-refractivity contribution in [1.82, 2.24) is 9.88 Å². The molecule has 0 spiro atoms. The van der Waals surface area contributed by atoms with Gasteiger partial charge < -0.3 is 29.2 Å². The number of morpholine rings is 1. The van der Waals surface area contributed by atoms with Crippen molar-refractivity contribution in [2.45, 2.75) is 25.1 Å². The highest BCUT2D eigenvalue weighted by atomic mass is 35.5. The van der Waals surface area contributed by atoms with Crippen LogP contribution in [-0.2, 0) is 4.74 Å². The number of methoxy groups -OCH3 is 1. The number of aliphatic hydroxyl groups is 1. The maximum atomic E-state index is 13.8. The Labute approximate surface area is 200 Å². The Morgan fingerprint density at radius 1 is 1.44 bits per heavy atom. The highest BCUT2D eigenvalue weighted by molar-refractivity contribution is 6.30. The van der Waals surface area contributed by atoms with Crippen molar-refractivity contribution in [3.63, 3.8) is 0 Å². The molecule has 2 heterocycles. The Balaban J connectivity index is 1.65. The fourth-order valence-electron chi connectivity index (χ4n) is 3.90. The van der Waals surface area contributed by atoms with E-state index in [4.69, 9.17) is 25.5 Å². The summed E-state index contributed by atoms with van der Waals surface area (Å²) in [6.45, 7) is 1.79. The average Bonchev–Trinajstić information content (AvgIpc) is 3.25. The number of benzene rings is 2. The minimum absolute atomic E-state index is 0.0848. The number of aliphatic hydroxyl groups excluding tert-OH is 1. The van der Waals surface area contributed by atoms with Gasteiger partial charge in [0.25, 0.3) is 11.9 Å². The fraction of sp³-hybridized carbons (Fsp3) is 0.333. The third kappa shape index (κ3) is 4.95. The van der Waals surface area contributed by atoms with Crippen LogP contribution in [0.2, 0.25) is 5.02 Å². The lowest BCUT2D eigenvalue weighted by atomic mass is 10.1. The molecular weight excluding hydrogens is 465 g/mol. The number of carbonyl (C=O) groups is 1. The molecular formula is C24H25ClFN3O5. The number of nitrogens with zero attached hydrogens (tertiary/aromatic N) is 2. The van der Waals surface area contributed by atoms with Gasteiger partial charge in [-0.1, -0.05) is 23.7 Å². The van der Waals surface area contributed by atoms with Crippen molar-refractivity contribution in [2.24, 2.45) is 0 Å². The van der Waals surface area contributed by atoms with Gasteiger partial charge in [-0.2, -0.15) is 4.98 Å². The number of alkyl halides is 1. The van der Waals surface area contributed by atoms with E-state index >= 15 is 0 Å². The SMILES string of the molecule is COc1cc(C(=O)N2C[C@H](C)OC[C@@H]2/C=C/O)cc2nc(N[C@H](CF)c3cccc(Cl)c3)oc12. The summed E-state index contributed by atoms with van der Waals surface area (Å²) >= 11 is 6.04. The largest absolute Gasteiger partial charge is 0.516 e. The topological polar surface area (TPSA) is 97.1 Å². The lowest BCUT2D eigenvalue weighted by Crippen LogP contribution is -2.50. The highest BCUT2D eigenvalue weighted by Crippen LogP contribution is 2.33. The molecule has 180 valence electrons. The molecule has 2 aromatic carbocycles. The number of aromatic nitrogens is 1. The summed E-state index contributed by atoms with van der Waals surface area (Å²) in [5, 5.41) is 12.6. The van der Waals surface area contributed by atoms with Gasteiger partial charge in [0.05, 0.1) is 38.2 Å². The number of rotatable bonds is 7. The summed E-state index contributed by atoms with van der Waals surface area (Å²) in [4.78, 5) is 19.4. The lowest BCUT2D eigenvalue weighted by molar-refractivity contribution is -0.0317. The quantitative estimate of drug-likeness (QED) is 0.455. The second-order valence-corrected chi connectivity index (χ2v) is 8.40. The predicted molar refractivity (Wildman–Crippen MR) is 126 cm³/mol. The third-order valence-electron chi connectivity index (χ3n) is 5.60. The van der Waals surface area contributed by atoms with Crippen molar-refractivity contribution in [2.75, 3.05) is 32.3 Å². The van der Waals surface area contributed by atoms with Crippen molar-refractivity contribution in [1.29, 1.82) is 0 Å². The molecule has 8 nitrogen and oxygen atoms in total. The Morgan fingerprint density at radius 3 is 2.97 bits per heavy atom. The van der Waals surface area contributed by atoms with Gasteiger partial charge in [-0.15, -0.1) is 0 Å². The molecule has 0 unspecified atom stereocenters. The number of fused-ring (bicyclic) bond motifs is 1. The number of hydrogen-bond donors (Lipinski definition) is 2. The lowest BCUT2D eigenvalue weighted by Gasteiger charge is -2.37. The summed E-state index contributed by atoms with van der Waals surface area (Å²) in [5.74, 6) is 0.0491. The van der Waals surface area contributed by atoms with Crippen LogP contribution in [0.4, 0.5) is 10.4 Å². The van der Waals surface area contributed by atoms with Gasteiger partial charge in [-0.05, 0) is 42.8 Å². The standard InChI is InChI=1S/C24H25ClFN3O5/c1-14-12-29(18(6-7-30)13-33-14)23(31)16-9-19-22(21(10-16)32-2)34-24(27-19)28-20(11-26)15-4-3-5-17(25)8-15/h3-10,14,18,20,30H,11-13H2,1-2H3,(H,27,28)/b7-6+/t14-,18-,20+/m0/s1. The second-order valence-electron chi connectivity index (χ2n) is 7.96. The average molecular weight is 490 g/mol. The van der Waals surface area contributed by atoms with E-state index in [0.29, 0.717) is 39.5 Å². The maximum Gasteiger partial charge on any atom is 0.296 e. The van der Waals surface area contributed by atoms with Crippen molar-refractivity contribution >= 4 is 34.6 Å². The number of ether oxygens (including phenoxy) is 2. The second kappa shape index (κ2) is 10.3. The fourth-order valence-corrected chi connectivity index (χ4v) is 4.10. The molecule has 34 heavy (non-hydrogen) atoms. The van der Waals surface area contributed by atoms with Crippen LogP contribution in [-0.4, -0.2) is 60.0 Å². The van der Waals surface area contributed by atoms with Gasteiger partial charge in [0.2, 0.25) is 0 Å². The van der Waals surface area contributed by atoms with Crippen molar-refractivity contribution in [3.05, 3.63) is 64.9 Å². The van der Waals surface area contributed by atoms with E-state index in [1.807, 2.05) is 6.92 Å². The molecule has 1 fully saturated rings. The number of anilines is 1. The molecule has 0 saturated carbocycles. The first-order valence-corrected chi connectivity index (χ1v) is 11.1. The highest BCUT2D eigenvalue weighted by Gasteiger charge is 2.31. The zero-order chi connectivity index (χ0) is 24.2. The van der Waals surface area contributed by atoms with Crippen LogP contribution in [0.3, 0.4) is 0 Å². The molecule has 0 bridgehead atoms. The molecule has 10 heteroatoms. The molecule has 3 atom stereocenters. The molecule has 3 aromatic rings. The van der Waals surface area contributed by atoms with E-state index in [-0.39, 0.29) is 24.6 Å². The van der Waals surface area contributed by atoms with E-state index in [0.717, 1.165) is 6.26 Å². The number of carbonyl (C=O) groups excluding carboxylic acids is 1. The molecule has 1 aliphatic rings. The normalized spacial score (nSPS) is 19.5. The van der Waals surface area contributed by atoms with Gasteiger partial charge in [-0.3, -0.25) is 4.79 Å². The first-order valence-electron chi connectivity index (χ1n) is 10.7. The number of oxazole rings is 1. The summed E-state index contributed by atoms with van der Waals surface area (Å²) in [7, 11) is 1.46. The minimum atomic E-state index is -0.722. The van der Waals surface area contributed by atoms with Gasteiger partial charge in [0.1, 0.15) is 12.2 Å². The molecule has 2 N–H and O–H groups in total. The van der Waals surface area contributed by atoms with Crippen LogP contribution in [0, 0.1) is 0 Å². The molecule has 4 rings (SSSR count). The van der Waals surface area contributed by atoms with Gasteiger partial charge in [-0.25, -0.2) is 4.39 Å². The van der Waals surface area contributed by atoms with Crippen LogP contribution in [0.5, 0.6) is 5.75 Å². The molecule has 1 aliphatic heterocycles. The maximum absolute atomic E-state index is 13.8. The number of hydrogen-bond acceptors (Lipinski definition) is 7. The Morgan fingerprint density at radius 2 is 2.26 bits per heavy atom. The third-order valence-corrected chi connectivity index (χ3v) is 5.84. The van der Waals surface area contributed by atoms with E-state index in [1.54, 1.807) is 41.3 Å². The van der Waals surface area contributed by atoms with Gasteiger partial charge in [0.15, 0.2) is 11.3 Å². The van der Waals surface area contributed by atoms with Crippen LogP contribution in [0.1, 0.15) is 28.9 Å². The van der Waals surface area contributed by atoms with E-state index in [1.165, 1.54) is 13.2 Å². The predicted octanol–water partition coefficient (Wildman–Crippen LogP) is 4.91. The zero-order valence-electron chi connectivity index (χ0n) is 18.7. The van der Waals surface area contributed by atoms with Crippen LogP contribution in [0.25, 0.3) is 11.1 Å². The molecule has 1 amide bonds. The van der Waals surface area contributed by atoms with Crippen LogP contribution >= 0.6 is 11.6 Å². The Hall–Kier alpha value is -3.30. The van der Waals surface area contributed by atoms with Crippen molar-refractivity contribution in [3.8, 4) is 5.75 Å². The number of amides is 1. The Kier molecular flexibility index (Phi) is 7.23. The first-order chi connectivity index (χ1) is 16.4. The molecule has 0 aliphatic carbocycles. The minimum Gasteiger partial charge on any atom is -0.516 e. The number of nitrogens with one attached hydrogen (secondary N) is 1. The van der Waals surface area contributed by atoms with E-state index in [2.05, 4.69) is 10.3 Å². The summed E-state index contributed by atoms with van der Waals surface area (Å²) < 4.78 is 30.6. The van der Waals surface area contributed by atoms with Crippen molar-refractivity contribution < 1.29 is 28.2 Å².